The van der Waals surface area contributed by atoms with Crippen molar-refractivity contribution >= 4 is 130 Å². The van der Waals surface area contributed by atoms with Gasteiger partial charge in [0, 0.05) is 49.1 Å². The smallest absolute Gasteiger partial charge is 0.143 e. The molecule has 22 aromatic rings. The lowest BCUT2D eigenvalue weighted by atomic mass is 9.86. The average Bonchev–Trinajstić information content (AvgIpc) is 1.59. The summed E-state index contributed by atoms with van der Waals surface area (Å²) in [5.74, 6) is 0. The predicted octanol–water partition coefficient (Wildman–Crippen LogP) is 28.8. The van der Waals surface area contributed by atoms with Gasteiger partial charge in [0.15, 0.2) is 0 Å². The van der Waals surface area contributed by atoms with Crippen LogP contribution in [0, 0.1) is 0 Å². The first-order valence-electron chi connectivity index (χ1n) is 36.2. The monoisotopic (exact) mass is 1330 g/mol. The third-order valence-electron chi connectivity index (χ3n) is 22.3. The maximum Gasteiger partial charge on any atom is 0.143 e. The normalized spacial score (nSPS) is 12.0. The Hall–Kier alpha value is -13.9. The molecule has 22 rings (SSSR count). The van der Waals surface area contributed by atoms with E-state index in [2.05, 4.69) is 375 Å². The van der Waals surface area contributed by atoms with Gasteiger partial charge in [0.1, 0.15) is 22.3 Å². The van der Waals surface area contributed by atoms with Crippen molar-refractivity contribution in [1.82, 2.24) is 4.57 Å². The average molecular weight is 1330 g/mol. The van der Waals surface area contributed by atoms with E-state index >= 15 is 0 Å². The van der Waals surface area contributed by atoms with E-state index in [0.717, 1.165) is 121 Å². The molecule has 0 fully saturated rings. The quantitative estimate of drug-likeness (QED) is 0.135. The van der Waals surface area contributed by atoms with Crippen molar-refractivity contribution in [2.45, 2.75) is 0 Å². The molecule has 0 saturated heterocycles. The Morgan fingerprint density at radius 1 is 0.171 bits per heavy atom. The van der Waals surface area contributed by atoms with E-state index in [-0.39, 0.29) is 0 Å². The maximum atomic E-state index is 7.25. The van der Waals surface area contributed by atoms with Crippen LogP contribution in [-0.4, -0.2) is 4.57 Å². The van der Waals surface area contributed by atoms with Crippen LogP contribution < -0.4 is 0 Å². The SMILES string of the molecule is c1ccc(-c2c3ccccc3c(-c3ccc(-n4c5ccc(-c6cc(-c7cccc8ccccc78)cc7c6oc6ccc(-c8cccc9ccccc89)cc67)cc5c5cc(-c6cc(-c7cccc8ccccc78)cc7c6oc6ccc(-c8cccc9ccccc89)cc67)ccc54)cc3)c3ccccc23)cc1. The molecule has 3 heteroatoms. The van der Waals surface area contributed by atoms with Gasteiger partial charge in [0.25, 0.3) is 0 Å². The molecular weight excluding hydrogens is 1270 g/mol. The van der Waals surface area contributed by atoms with E-state index in [4.69, 9.17) is 8.83 Å². The molecule has 3 heterocycles. The van der Waals surface area contributed by atoms with Gasteiger partial charge in [-0.15, -0.1) is 0 Å². The highest BCUT2D eigenvalue weighted by Crippen LogP contribution is 2.49. The van der Waals surface area contributed by atoms with Crippen molar-refractivity contribution < 1.29 is 8.83 Å². The van der Waals surface area contributed by atoms with E-state index in [1.165, 1.54) is 104 Å². The zero-order valence-electron chi connectivity index (χ0n) is 57.0. The van der Waals surface area contributed by atoms with Crippen LogP contribution in [0.4, 0.5) is 0 Å². The standard InChI is InChI=1S/C102H61NO2/c1-2-24-66(25-3-1)99-83-34-12-14-36-85(83)100(86-37-15-13-35-84(86)99)67-42-48-74(49-43-67)103-95-50-44-70(87-58-72(81-40-18-28-64-22-6-10-32-77(64)81)60-93-91-56-68(46-52-97(91)104-101(87)93)79-38-16-26-62-20-4-8-30-75(62)79)54-89(95)90-55-71(45-51-96(90)103)88-59-73(82-41-19-29-65-23-7-11-33-78(65)82)61-94-92-57-69(47-53-98(92)105-102(88)94)80-39-17-27-63-21-5-9-31-76(63)80/h1-61H. The van der Waals surface area contributed by atoms with Crippen molar-refractivity contribution in [3.63, 3.8) is 0 Å². The molecule has 0 N–H and O–H groups in total. The second-order valence-corrected chi connectivity index (χ2v) is 28.1. The fraction of sp³-hybridized carbons (Fsp3) is 0. The van der Waals surface area contributed by atoms with Crippen molar-refractivity contribution in [2.75, 3.05) is 0 Å². The van der Waals surface area contributed by atoms with E-state index in [1.807, 2.05) is 0 Å². The van der Waals surface area contributed by atoms with Gasteiger partial charge in [0.2, 0.25) is 0 Å². The van der Waals surface area contributed by atoms with Crippen molar-refractivity contribution in [3.05, 3.63) is 370 Å². The Bertz CT molecular complexity index is 6970. The first-order valence-corrected chi connectivity index (χ1v) is 36.2. The zero-order chi connectivity index (χ0) is 68.8. The summed E-state index contributed by atoms with van der Waals surface area (Å²) in [6.07, 6.45) is 0. The number of hydrogen-bond acceptors (Lipinski definition) is 2. The third kappa shape index (κ3) is 9.32. The van der Waals surface area contributed by atoms with Gasteiger partial charge in [-0.05, 0) is 227 Å². The first-order chi connectivity index (χ1) is 52.0. The minimum atomic E-state index is 0.844. The Labute approximate surface area is 604 Å². The number of hydrogen-bond donors (Lipinski definition) is 0. The number of benzene rings is 19. The second-order valence-electron chi connectivity index (χ2n) is 28.1. The molecule has 0 aliphatic carbocycles. The van der Waals surface area contributed by atoms with Gasteiger partial charge >= 0.3 is 0 Å². The summed E-state index contributed by atoms with van der Waals surface area (Å²) in [6, 6.07) is 136. The fourth-order valence-corrected chi connectivity index (χ4v) is 17.5. The highest BCUT2D eigenvalue weighted by molar-refractivity contribution is 6.23. The summed E-state index contributed by atoms with van der Waals surface area (Å²) < 4.78 is 17.0. The zero-order valence-corrected chi connectivity index (χ0v) is 57.0. The van der Waals surface area contributed by atoms with Gasteiger partial charge in [-0.25, -0.2) is 0 Å². The summed E-state index contributed by atoms with van der Waals surface area (Å²) in [6.45, 7) is 0. The number of aromatic nitrogens is 1. The van der Waals surface area contributed by atoms with Gasteiger partial charge in [-0.3, -0.25) is 0 Å². The van der Waals surface area contributed by atoms with Crippen LogP contribution in [0.15, 0.2) is 379 Å². The molecule has 3 aromatic heterocycles. The minimum Gasteiger partial charge on any atom is -0.455 e. The van der Waals surface area contributed by atoms with Gasteiger partial charge in [-0.2, -0.15) is 0 Å². The highest BCUT2D eigenvalue weighted by atomic mass is 16.3. The summed E-state index contributed by atoms with van der Waals surface area (Å²) in [5, 5.41) is 21.1. The van der Waals surface area contributed by atoms with Crippen LogP contribution in [-0.2, 0) is 0 Å². The van der Waals surface area contributed by atoms with Crippen LogP contribution in [0.5, 0.6) is 0 Å². The highest BCUT2D eigenvalue weighted by Gasteiger charge is 2.25. The molecule has 0 aliphatic rings. The Morgan fingerprint density at radius 3 is 0.867 bits per heavy atom. The lowest BCUT2D eigenvalue weighted by molar-refractivity contribution is 0.669. The lowest BCUT2D eigenvalue weighted by Gasteiger charge is -2.18. The molecule has 19 aromatic carbocycles. The van der Waals surface area contributed by atoms with Crippen molar-refractivity contribution in [3.8, 4) is 94.7 Å². The molecule has 0 spiro atoms. The Kier molecular flexibility index (Phi) is 13.1. The van der Waals surface area contributed by atoms with Crippen LogP contribution >= 0.6 is 0 Å². The predicted molar refractivity (Wildman–Crippen MR) is 444 cm³/mol. The lowest BCUT2D eigenvalue weighted by Crippen LogP contribution is -1.95. The molecule has 0 atom stereocenters. The van der Waals surface area contributed by atoms with E-state index < -0.39 is 0 Å². The minimum absolute atomic E-state index is 0.844. The summed E-state index contributed by atoms with van der Waals surface area (Å²) in [7, 11) is 0. The molecule has 486 valence electrons. The third-order valence-corrected chi connectivity index (χ3v) is 22.3. The summed E-state index contributed by atoms with van der Waals surface area (Å²) in [5.41, 5.74) is 24.9. The number of rotatable bonds is 9. The molecular formula is C102H61NO2. The van der Waals surface area contributed by atoms with E-state index in [9.17, 15) is 0 Å². The molecule has 3 nitrogen and oxygen atoms in total. The Morgan fingerprint density at radius 2 is 0.467 bits per heavy atom. The van der Waals surface area contributed by atoms with Crippen molar-refractivity contribution in [1.29, 1.82) is 0 Å². The van der Waals surface area contributed by atoms with Crippen LogP contribution in [0.25, 0.3) is 225 Å². The van der Waals surface area contributed by atoms with E-state index in [0.29, 0.717) is 0 Å². The second kappa shape index (κ2) is 23.4. The van der Waals surface area contributed by atoms with E-state index in [1.54, 1.807) is 0 Å². The van der Waals surface area contributed by atoms with Gasteiger partial charge in [-0.1, -0.05) is 285 Å². The molecule has 0 saturated carbocycles. The number of nitrogens with zero attached hydrogens (tertiary/aromatic N) is 1. The molecule has 0 bridgehead atoms. The molecule has 0 radical (unpaired) electrons. The molecule has 0 amide bonds. The largest absolute Gasteiger partial charge is 0.455 e. The van der Waals surface area contributed by atoms with Crippen molar-refractivity contribution in [2.24, 2.45) is 0 Å². The summed E-state index contributed by atoms with van der Waals surface area (Å²) >= 11 is 0. The number of furan rings is 2. The fourth-order valence-electron chi connectivity index (χ4n) is 17.5. The molecule has 0 unspecified atom stereocenters. The van der Waals surface area contributed by atoms with Crippen LogP contribution in [0.3, 0.4) is 0 Å². The van der Waals surface area contributed by atoms with Gasteiger partial charge < -0.3 is 13.4 Å². The Balaban J connectivity index is 0.785. The molecule has 105 heavy (non-hydrogen) atoms. The van der Waals surface area contributed by atoms with Crippen LogP contribution in [0.1, 0.15) is 0 Å². The first kappa shape index (κ1) is 58.9. The number of fused-ring (bicyclic) bond motifs is 15. The summed E-state index contributed by atoms with van der Waals surface area (Å²) in [4.78, 5) is 0. The van der Waals surface area contributed by atoms with Gasteiger partial charge in [0.05, 0.1) is 11.0 Å². The molecule has 0 aliphatic heterocycles. The van der Waals surface area contributed by atoms with Crippen LogP contribution in [0.2, 0.25) is 0 Å². The topological polar surface area (TPSA) is 31.2 Å². The maximum absolute atomic E-state index is 7.25.